The number of amides is 2. The molecule has 3 rings (SSSR count). The molecule has 3 aromatic rings. The fourth-order valence-electron chi connectivity index (χ4n) is 3.48. The van der Waals surface area contributed by atoms with Gasteiger partial charge in [0.05, 0.1) is 21.8 Å². The number of para-hydroxylation sites is 1. The molecule has 7 nitrogen and oxygen atoms in total. The van der Waals surface area contributed by atoms with E-state index < -0.39 is 22.5 Å². The molecular weight excluding hydrogens is 450 g/mol. The Hall–Kier alpha value is -3.65. The highest BCUT2D eigenvalue weighted by Crippen LogP contribution is 2.28. The van der Waals surface area contributed by atoms with E-state index in [1.54, 1.807) is 54.6 Å². The molecule has 0 aromatic heterocycles. The number of carbonyl (C=O) groups excluding carboxylic acids is 2. The third-order valence-electron chi connectivity index (χ3n) is 5.33. The summed E-state index contributed by atoms with van der Waals surface area (Å²) in [6.45, 7) is 6.93. The molecule has 0 bridgehead atoms. The van der Waals surface area contributed by atoms with Crippen molar-refractivity contribution in [2.75, 3.05) is 16.2 Å². The normalized spacial score (nSPS) is 11.2. The minimum atomic E-state index is -4.03. The zero-order valence-corrected chi connectivity index (χ0v) is 20.5. The van der Waals surface area contributed by atoms with Gasteiger partial charge in [0.2, 0.25) is 5.91 Å². The summed E-state index contributed by atoms with van der Waals surface area (Å²) < 4.78 is 28.2. The van der Waals surface area contributed by atoms with Crippen LogP contribution in [0.25, 0.3) is 0 Å². The molecule has 0 aliphatic carbocycles. The van der Waals surface area contributed by atoms with Crippen molar-refractivity contribution in [1.29, 1.82) is 0 Å². The molecule has 3 aromatic carbocycles. The number of hydrogen-bond donors (Lipinski definition) is 2. The van der Waals surface area contributed by atoms with Crippen molar-refractivity contribution < 1.29 is 18.0 Å². The van der Waals surface area contributed by atoms with E-state index in [2.05, 4.69) is 10.6 Å². The zero-order valence-electron chi connectivity index (χ0n) is 19.7. The second-order valence-electron chi connectivity index (χ2n) is 8.27. The van der Waals surface area contributed by atoms with Gasteiger partial charge >= 0.3 is 0 Å². The highest BCUT2D eigenvalue weighted by Gasteiger charge is 2.29. The van der Waals surface area contributed by atoms with Gasteiger partial charge < -0.3 is 10.6 Å². The topological polar surface area (TPSA) is 95.6 Å². The molecular formula is C26H29N3O4S. The van der Waals surface area contributed by atoms with Gasteiger partial charge in [0.1, 0.15) is 6.54 Å². The number of hydrogen-bond acceptors (Lipinski definition) is 4. The Morgan fingerprint density at radius 1 is 0.882 bits per heavy atom. The zero-order chi connectivity index (χ0) is 24.9. The summed E-state index contributed by atoms with van der Waals surface area (Å²) >= 11 is 0. The van der Waals surface area contributed by atoms with Gasteiger partial charge in [0, 0.05) is 6.04 Å². The molecule has 34 heavy (non-hydrogen) atoms. The van der Waals surface area contributed by atoms with Crippen LogP contribution in [0.2, 0.25) is 0 Å². The van der Waals surface area contributed by atoms with Gasteiger partial charge in [-0.3, -0.25) is 13.9 Å². The van der Waals surface area contributed by atoms with Crippen molar-refractivity contribution in [3.8, 4) is 0 Å². The number of rotatable bonds is 8. The van der Waals surface area contributed by atoms with Gasteiger partial charge in [0.15, 0.2) is 0 Å². The number of aryl methyl sites for hydroxylation is 1. The Morgan fingerprint density at radius 2 is 1.53 bits per heavy atom. The van der Waals surface area contributed by atoms with Crippen molar-refractivity contribution in [1.82, 2.24) is 5.32 Å². The standard InChI is InChI=1S/C26H29N3O4S/c1-18(2)27-26(31)22-14-8-9-15-23(22)28-25(30)17-29(24-16-10-11-19(3)20(24)4)34(32,33)21-12-6-5-7-13-21/h5-16,18H,17H2,1-4H3,(H,27,31)(H,28,30). The summed E-state index contributed by atoms with van der Waals surface area (Å²) in [5.41, 5.74) is 2.69. The number of carbonyl (C=O) groups is 2. The lowest BCUT2D eigenvalue weighted by Gasteiger charge is -2.26. The Balaban J connectivity index is 1.97. The van der Waals surface area contributed by atoms with Gasteiger partial charge in [-0.25, -0.2) is 8.42 Å². The van der Waals surface area contributed by atoms with Crippen LogP contribution in [0.4, 0.5) is 11.4 Å². The average molecular weight is 480 g/mol. The first kappa shape index (κ1) is 25.0. The quantitative estimate of drug-likeness (QED) is 0.504. The summed E-state index contributed by atoms with van der Waals surface area (Å²) in [7, 11) is -4.03. The van der Waals surface area contributed by atoms with E-state index in [9.17, 15) is 18.0 Å². The largest absolute Gasteiger partial charge is 0.350 e. The summed E-state index contributed by atoms with van der Waals surface area (Å²) in [4.78, 5) is 25.8. The smallest absolute Gasteiger partial charge is 0.264 e. The third kappa shape index (κ3) is 5.63. The van der Waals surface area contributed by atoms with Crippen molar-refractivity contribution in [3.63, 3.8) is 0 Å². The maximum Gasteiger partial charge on any atom is 0.264 e. The molecule has 0 fully saturated rings. The highest BCUT2D eigenvalue weighted by atomic mass is 32.2. The van der Waals surface area contributed by atoms with Crippen molar-refractivity contribution >= 4 is 33.2 Å². The number of anilines is 2. The van der Waals surface area contributed by atoms with Crippen LogP contribution in [0.5, 0.6) is 0 Å². The van der Waals surface area contributed by atoms with Crippen LogP contribution in [0.15, 0.2) is 77.7 Å². The first-order valence-electron chi connectivity index (χ1n) is 10.9. The average Bonchev–Trinajstić information content (AvgIpc) is 2.80. The van der Waals surface area contributed by atoms with E-state index in [1.807, 2.05) is 33.8 Å². The lowest BCUT2D eigenvalue weighted by Crippen LogP contribution is -2.39. The lowest BCUT2D eigenvalue weighted by atomic mass is 10.1. The predicted octanol–water partition coefficient (Wildman–Crippen LogP) is 4.28. The molecule has 0 aliphatic rings. The number of nitrogens with one attached hydrogen (secondary N) is 2. The van der Waals surface area contributed by atoms with Gasteiger partial charge in [0.25, 0.3) is 15.9 Å². The molecule has 178 valence electrons. The SMILES string of the molecule is Cc1cccc(N(CC(=O)Nc2ccccc2C(=O)NC(C)C)S(=O)(=O)c2ccccc2)c1C. The first-order valence-corrected chi connectivity index (χ1v) is 12.4. The molecule has 0 saturated carbocycles. The Morgan fingerprint density at radius 3 is 2.21 bits per heavy atom. The predicted molar refractivity (Wildman–Crippen MR) is 135 cm³/mol. The second kappa shape index (κ2) is 10.5. The lowest BCUT2D eigenvalue weighted by molar-refractivity contribution is -0.114. The van der Waals surface area contributed by atoms with E-state index in [0.29, 0.717) is 16.9 Å². The molecule has 0 radical (unpaired) electrons. The molecule has 0 heterocycles. The molecule has 2 N–H and O–H groups in total. The Labute approximate surface area is 200 Å². The van der Waals surface area contributed by atoms with Gasteiger partial charge in [-0.15, -0.1) is 0 Å². The summed E-state index contributed by atoms with van der Waals surface area (Å²) in [6, 6.07) is 19.9. The molecule has 8 heteroatoms. The Bertz CT molecular complexity index is 1290. The molecule has 2 amide bonds. The molecule has 0 saturated heterocycles. The van der Waals surface area contributed by atoms with E-state index in [0.717, 1.165) is 15.4 Å². The minimum absolute atomic E-state index is 0.0768. The number of benzene rings is 3. The molecule has 0 spiro atoms. The van der Waals surface area contributed by atoms with Crippen molar-refractivity contribution in [2.45, 2.75) is 38.6 Å². The first-order chi connectivity index (χ1) is 16.1. The highest BCUT2D eigenvalue weighted by molar-refractivity contribution is 7.92. The van der Waals surface area contributed by atoms with E-state index >= 15 is 0 Å². The van der Waals surface area contributed by atoms with Gasteiger partial charge in [-0.2, -0.15) is 0 Å². The molecule has 0 unspecified atom stereocenters. The summed E-state index contributed by atoms with van der Waals surface area (Å²) in [5.74, 6) is -0.889. The van der Waals surface area contributed by atoms with Crippen LogP contribution in [0.1, 0.15) is 35.3 Å². The summed E-state index contributed by atoms with van der Waals surface area (Å²) in [5, 5.41) is 5.52. The molecule has 0 aliphatic heterocycles. The maximum atomic E-state index is 13.6. The fraction of sp³-hybridized carbons (Fsp3) is 0.231. The minimum Gasteiger partial charge on any atom is -0.350 e. The maximum absolute atomic E-state index is 13.6. The second-order valence-corrected chi connectivity index (χ2v) is 10.1. The number of nitrogens with zero attached hydrogens (tertiary/aromatic N) is 1. The Kier molecular flexibility index (Phi) is 7.73. The van der Waals surface area contributed by atoms with Crippen LogP contribution in [0, 0.1) is 13.8 Å². The van der Waals surface area contributed by atoms with Crippen LogP contribution in [0.3, 0.4) is 0 Å². The van der Waals surface area contributed by atoms with Gasteiger partial charge in [-0.1, -0.05) is 42.5 Å². The van der Waals surface area contributed by atoms with Crippen LogP contribution < -0.4 is 14.9 Å². The molecule has 0 atom stereocenters. The fourth-order valence-corrected chi connectivity index (χ4v) is 4.97. The summed E-state index contributed by atoms with van der Waals surface area (Å²) in [6.07, 6.45) is 0. The van der Waals surface area contributed by atoms with Crippen LogP contribution >= 0.6 is 0 Å². The monoisotopic (exact) mass is 479 g/mol. The van der Waals surface area contributed by atoms with Crippen LogP contribution in [-0.2, 0) is 14.8 Å². The van der Waals surface area contributed by atoms with E-state index in [4.69, 9.17) is 0 Å². The van der Waals surface area contributed by atoms with E-state index in [1.165, 1.54) is 12.1 Å². The van der Waals surface area contributed by atoms with Crippen molar-refractivity contribution in [2.24, 2.45) is 0 Å². The van der Waals surface area contributed by atoms with Crippen molar-refractivity contribution in [3.05, 3.63) is 89.5 Å². The number of sulfonamides is 1. The van der Waals surface area contributed by atoms with Gasteiger partial charge in [-0.05, 0) is 69.2 Å². The van der Waals surface area contributed by atoms with Crippen LogP contribution in [-0.4, -0.2) is 32.8 Å². The van der Waals surface area contributed by atoms with E-state index in [-0.39, 0.29) is 16.8 Å². The third-order valence-corrected chi connectivity index (χ3v) is 7.10.